The Morgan fingerprint density at radius 3 is 2.78 bits per heavy atom. The lowest BCUT2D eigenvalue weighted by atomic mass is 10.3. The van der Waals surface area contributed by atoms with Crippen LogP contribution in [0.5, 0.6) is 0 Å². The molecule has 1 aliphatic heterocycles. The van der Waals surface area contributed by atoms with Gasteiger partial charge in [-0.3, -0.25) is 4.79 Å². The van der Waals surface area contributed by atoms with Crippen molar-refractivity contribution in [3.63, 3.8) is 0 Å². The summed E-state index contributed by atoms with van der Waals surface area (Å²) in [7, 11) is 0. The molecule has 6 heteroatoms. The smallest absolute Gasteiger partial charge is 0.331 e. The summed E-state index contributed by atoms with van der Waals surface area (Å²) < 4.78 is 10.6. The molecule has 23 heavy (non-hydrogen) atoms. The van der Waals surface area contributed by atoms with E-state index in [1.54, 1.807) is 17.9 Å². The molecule has 2 heterocycles. The number of hydrogen-bond donors (Lipinski definition) is 0. The molecule has 1 amide bonds. The molecule has 120 valence electrons. The monoisotopic (exact) mass is 314 g/mol. The first-order valence-electron chi connectivity index (χ1n) is 7.66. The minimum Gasteiger partial charge on any atom is -0.449 e. The molecule has 0 N–H and O–H groups in total. The van der Waals surface area contributed by atoms with Crippen LogP contribution < -0.4 is 0 Å². The van der Waals surface area contributed by atoms with Crippen LogP contribution in [0, 0.1) is 0 Å². The van der Waals surface area contributed by atoms with E-state index in [9.17, 15) is 9.59 Å². The molecule has 0 radical (unpaired) electrons. The van der Waals surface area contributed by atoms with Crippen LogP contribution in [0.3, 0.4) is 0 Å². The minimum atomic E-state index is -0.783. The first kappa shape index (κ1) is 15.3. The number of amides is 1. The second kappa shape index (κ2) is 6.64. The highest BCUT2D eigenvalue weighted by Crippen LogP contribution is 2.15. The minimum absolute atomic E-state index is 0.147. The summed E-state index contributed by atoms with van der Waals surface area (Å²) in [5.41, 5.74) is 1.37. The Hall–Kier alpha value is -2.63. The van der Waals surface area contributed by atoms with Crippen molar-refractivity contribution in [1.82, 2.24) is 9.88 Å². The number of aromatic nitrogens is 1. The maximum absolute atomic E-state index is 12.1. The first-order valence-corrected chi connectivity index (χ1v) is 7.66. The predicted octanol–water partition coefficient (Wildman–Crippen LogP) is 2.40. The molecule has 0 spiro atoms. The van der Waals surface area contributed by atoms with Gasteiger partial charge in [-0.05, 0) is 31.9 Å². The van der Waals surface area contributed by atoms with Crippen molar-refractivity contribution in [2.45, 2.75) is 25.9 Å². The van der Waals surface area contributed by atoms with E-state index < -0.39 is 12.1 Å². The molecule has 1 aromatic heterocycles. The number of carbonyl (C=O) groups is 2. The molecule has 1 fully saturated rings. The van der Waals surface area contributed by atoms with Crippen molar-refractivity contribution in [3.8, 4) is 0 Å². The van der Waals surface area contributed by atoms with Gasteiger partial charge in [0.25, 0.3) is 5.91 Å². The van der Waals surface area contributed by atoms with Crippen molar-refractivity contribution in [2.75, 3.05) is 13.1 Å². The van der Waals surface area contributed by atoms with E-state index in [1.165, 1.54) is 12.2 Å². The van der Waals surface area contributed by atoms with Gasteiger partial charge in [-0.1, -0.05) is 12.1 Å². The molecular formula is C17H18N2O4. The molecule has 3 rings (SSSR count). The number of para-hydroxylation sites is 2. The Bertz CT molecular complexity index is 711. The van der Waals surface area contributed by atoms with Gasteiger partial charge in [0.2, 0.25) is 5.89 Å². The molecule has 1 aliphatic rings. The van der Waals surface area contributed by atoms with Crippen LogP contribution in [-0.4, -0.2) is 41.0 Å². The maximum atomic E-state index is 12.1. The fourth-order valence-corrected chi connectivity index (χ4v) is 2.56. The van der Waals surface area contributed by atoms with Crippen LogP contribution in [0.2, 0.25) is 0 Å². The first-order chi connectivity index (χ1) is 11.1. The van der Waals surface area contributed by atoms with Gasteiger partial charge in [0.1, 0.15) is 5.52 Å². The second-order valence-electron chi connectivity index (χ2n) is 5.46. The third kappa shape index (κ3) is 3.59. The number of oxazole rings is 1. The van der Waals surface area contributed by atoms with Gasteiger partial charge in [-0.25, -0.2) is 9.78 Å². The number of likely N-dealkylation sites (tertiary alicyclic amines) is 1. The van der Waals surface area contributed by atoms with Gasteiger partial charge >= 0.3 is 5.97 Å². The Morgan fingerprint density at radius 2 is 2.04 bits per heavy atom. The number of hydrogen-bond acceptors (Lipinski definition) is 5. The molecule has 0 unspecified atom stereocenters. The molecule has 0 bridgehead atoms. The standard InChI is InChI=1S/C17H18N2O4/c1-12(17(21)19-10-4-5-11-19)22-16(20)9-8-15-18-13-6-2-3-7-14(13)23-15/h2-3,6-9,12H,4-5,10-11H2,1H3/b9-8+/t12-/m0/s1. The summed E-state index contributed by atoms with van der Waals surface area (Å²) >= 11 is 0. The van der Waals surface area contributed by atoms with Crippen LogP contribution >= 0.6 is 0 Å². The number of benzene rings is 1. The number of ether oxygens (including phenoxy) is 1. The third-order valence-electron chi connectivity index (χ3n) is 3.73. The van der Waals surface area contributed by atoms with Crippen molar-refractivity contribution in [3.05, 3.63) is 36.2 Å². The highest BCUT2D eigenvalue weighted by Gasteiger charge is 2.25. The van der Waals surface area contributed by atoms with Gasteiger partial charge in [0.15, 0.2) is 11.7 Å². The number of esters is 1. The third-order valence-corrected chi connectivity index (χ3v) is 3.73. The van der Waals surface area contributed by atoms with Crippen LogP contribution in [0.1, 0.15) is 25.7 Å². The zero-order valence-corrected chi connectivity index (χ0v) is 12.9. The number of fused-ring (bicyclic) bond motifs is 1. The second-order valence-corrected chi connectivity index (χ2v) is 5.46. The Morgan fingerprint density at radius 1 is 1.30 bits per heavy atom. The lowest BCUT2D eigenvalue weighted by Gasteiger charge is -2.19. The number of nitrogens with zero attached hydrogens (tertiary/aromatic N) is 2. The quantitative estimate of drug-likeness (QED) is 0.640. The SMILES string of the molecule is C[C@H](OC(=O)/C=C/c1nc2ccccc2o1)C(=O)N1CCCC1. The zero-order valence-electron chi connectivity index (χ0n) is 12.9. The lowest BCUT2D eigenvalue weighted by molar-refractivity contribution is -0.154. The van der Waals surface area contributed by atoms with E-state index in [2.05, 4.69) is 4.98 Å². The molecule has 1 atom stereocenters. The van der Waals surface area contributed by atoms with Crippen LogP contribution in [0.4, 0.5) is 0 Å². The Balaban J connectivity index is 1.58. The average molecular weight is 314 g/mol. The van der Waals surface area contributed by atoms with Crippen molar-refractivity contribution >= 4 is 29.1 Å². The normalized spacial score (nSPS) is 16.1. The average Bonchev–Trinajstić information content (AvgIpc) is 3.21. The summed E-state index contributed by atoms with van der Waals surface area (Å²) in [4.78, 5) is 29.8. The Labute approximate surface area is 133 Å². The van der Waals surface area contributed by atoms with Crippen LogP contribution in [0.25, 0.3) is 17.2 Å². The highest BCUT2D eigenvalue weighted by atomic mass is 16.5. The summed E-state index contributed by atoms with van der Waals surface area (Å²) in [6.45, 7) is 3.06. The fourth-order valence-electron chi connectivity index (χ4n) is 2.56. The van der Waals surface area contributed by atoms with Crippen LogP contribution in [0.15, 0.2) is 34.8 Å². The molecule has 1 aromatic carbocycles. The predicted molar refractivity (Wildman–Crippen MR) is 84.4 cm³/mol. The molecule has 1 saturated heterocycles. The van der Waals surface area contributed by atoms with Crippen molar-refractivity contribution < 1.29 is 18.7 Å². The maximum Gasteiger partial charge on any atom is 0.331 e. The number of rotatable bonds is 4. The van der Waals surface area contributed by atoms with E-state index in [0.29, 0.717) is 11.5 Å². The van der Waals surface area contributed by atoms with Gasteiger partial charge in [0.05, 0.1) is 0 Å². The van der Waals surface area contributed by atoms with Gasteiger partial charge < -0.3 is 14.1 Å². The van der Waals surface area contributed by atoms with Crippen LogP contribution in [-0.2, 0) is 14.3 Å². The van der Waals surface area contributed by atoms with E-state index in [0.717, 1.165) is 31.4 Å². The summed E-state index contributed by atoms with van der Waals surface area (Å²) in [5.74, 6) is -0.417. The molecule has 2 aromatic rings. The summed E-state index contributed by atoms with van der Waals surface area (Å²) in [6.07, 6.45) is 3.89. The van der Waals surface area contributed by atoms with E-state index in [1.807, 2.05) is 18.2 Å². The molecule has 0 aliphatic carbocycles. The number of carbonyl (C=O) groups excluding carboxylic acids is 2. The largest absolute Gasteiger partial charge is 0.449 e. The summed E-state index contributed by atoms with van der Waals surface area (Å²) in [6, 6.07) is 7.33. The van der Waals surface area contributed by atoms with Gasteiger partial charge in [-0.2, -0.15) is 0 Å². The topological polar surface area (TPSA) is 72.6 Å². The lowest BCUT2D eigenvalue weighted by Crippen LogP contribution is -2.37. The van der Waals surface area contributed by atoms with Crippen molar-refractivity contribution in [1.29, 1.82) is 0 Å². The molecule has 0 saturated carbocycles. The van der Waals surface area contributed by atoms with Crippen molar-refractivity contribution in [2.24, 2.45) is 0 Å². The van der Waals surface area contributed by atoms with Gasteiger partial charge in [0, 0.05) is 25.2 Å². The molecule has 6 nitrogen and oxygen atoms in total. The summed E-state index contributed by atoms with van der Waals surface area (Å²) in [5, 5.41) is 0. The fraction of sp³-hybridized carbons (Fsp3) is 0.353. The highest BCUT2D eigenvalue weighted by molar-refractivity contribution is 5.90. The molecular weight excluding hydrogens is 296 g/mol. The van der Waals surface area contributed by atoms with E-state index in [4.69, 9.17) is 9.15 Å². The Kier molecular flexibility index (Phi) is 4.41. The van der Waals surface area contributed by atoms with E-state index in [-0.39, 0.29) is 5.91 Å². The van der Waals surface area contributed by atoms with E-state index >= 15 is 0 Å². The van der Waals surface area contributed by atoms with Gasteiger partial charge in [-0.15, -0.1) is 0 Å². The zero-order chi connectivity index (χ0) is 16.2.